The second-order valence-electron chi connectivity index (χ2n) is 3.43. The molecule has 0 N–H and O–H groups in total. The molecule has 76 valence electrons. The van der Waals surface area contributed by atoms with Crippen LogP contribution in [0.3, 0.4) is 0 Å². The Morgan fingerprint density at radius 2 is 1.93 bits per heavy atom. The summed E-state index contributed by atoms with van der Waals surface area (Å²) >= 11 is 0. The fraction of sp³-hybridized carbons (Fsp3) is 0.417. The fourth-order valence-corrected chi connectivity index (χ4v) is 1.35. The van der Waals surface area contributed by atoms with Crippen LogP contribution in [-0.2, 0) is 0 Å². The third kappa shape index (κ3) is 2.66. The minimum Gasteiger partial charge on any atom is -0.295 e. The molecule has 1 atom stereocenters. The van der Waals surface area contributed by atoms with Gasteiger partial charge in [-0.1, -0.05) is 37.6 Å². The zero-order valence-corrected chi connectivity index (χ0v) is 8.59. The van der Waals surface area contributed by atoms with Crippen LogP contribution in [0, 0.1) is 0 Å². The Morgan fingerprint density at radius 1 is 1.36 bits per heavy atom. The summed E-state index contributed by atoms with van der Waals surface area (Å²) in [6, 6.07) is 6.74. The van der Waals surface area contributed by atoms with Crippen LogP contribution in [0.1, 0.15) is 48.8 Å². The number of alkyl halides is 1. The van der Waals surface area contributed by atoms with E-state index in [1.54, 1.807) is 24.3 Å². The second kappa shape index (κ2) is 4.89. The van der Waals surface area contributed by atoms with Gasteiger partial charge in [-0.3, -0.25) is 4.79 Å². The van der Waals surface area contributed by atoms with Crippen molar-refractivity contribution < 1.29 is 9.18 Å². The van der Waals surface area contributed by atoms with Crippen molar-refractivity contribution in [1.82, 2.24) is 0 Å². The van der Waals surface area contributed by atoms with Crippen LogP contribution in [-0.4, -0.2) is 5.78 Å². The maximum Gasteiger partial charge on any atom is 0.159 e. The number of hydrogen-bond donors (Lipinski definition) is 0. The van der Waals surface area contributed by atoms with E-state index in [2.05, 4.69) is 0 Å². The molecule has 1 aromatic rings. The number of benzene rings is 1. The maximum atomic E-state index is 13.4. The van der Waals surface area contributed by atoms with Gasteiger partial charge in [0.15, 0.2) is 5.78 Å². The van der Waals surface area contributed by atoms with Gasteiger partial charge in [0.1, 0.15) is 6.17 Å². The van der Waals surface area contributed by atoms with E-state index >= 15 is 0 Å². The van der Waals surface area contributed by atoms with Gasteiger partial charge in [-0.25, -0.2) is 4.39 Å². The van der Waals surface area contributed by atoms with Crippen molar-refractivity contribution in [2.45, 2.75) is 32.9 Å². The molecule has 0 spiro atoms. The largest absolute Gasteiger partial charge is 0.295 e. The lowest BCUT2D eigenvalue weighted by atomic mass is 10.0. The molecule has 2 heteroatoms. The Hall–Kier alpha value is -1.18. The minimum atomic E-state index is -0.902. The van der Waals surface area contributed by atoms with Crippen LogP contribution >= 0.6 is 0 Å². The molecule has 1 rings (SSSR count). The van der Waals surface area contributed by atoms with Gasteiger partial charge in [0.2, 0.25) is 0 Å². The predicted molar refractivity (Wildman–Crippen MR) is 55.2 cm³/mol. The summed E-state index contributed by atoms with van der Waals surface area (Å²) in [5, 5.41) is 0. The summed E-state index contributed by atoms with van der Waals surface area (Å²) in [6.07, 6.45) is 0.468. The summed E-state index contributed by atoms with van der Waals surface area (Å²) in [5.74, 6) is 0.0162. The number of carbonyl (C=O) groups excluding carboxylic acids is 1. The molecule has 1 unspecified atom stereocenters. The lowest BCUT2D eigenvalue weighted by Gasteiger charge is -2.06. The van der Waals surface area contributed by atoms with E-state index in [4.69, 9.17) is 0 Å². The topological polar surface area (TPSA) is 17.1 Å². The van der Waals surface area contributed by atoms with E-state index in [0.29, 0.717) is 17.5 Å². The van der Waals surface area contributed by atoms with Gasteiger partial charge in [-0.15, -0.1) is 0 Å². The van der Waals surface area contributed by atoms with Crippen LogP contribution in [0.25, 0.3) is 0 Å². The summed E-state index contributed by atoms with van der Waals surface area (Å²) in [6.45, 7) is 3.46. The number of ketones is 1. The van der Waals surface area contributed by atoms with Crippen LogP contribution in [0.15, 0.2) is 24.3 Å². The highest BCUT2D eigenvalue weighted by atomic mass is 19.1. The number of hydrogen-bond acceptors (Lipinski definition) is 1. The quantitative estimate of drug-likeness (QED) is 0.668. The highest BCUT2D eigenvalue weighted by Crippen LogP contribution is 2.22. The third-order valence-corrected chi connectivity index (χ3v) is 2.22. The molecule has 0 aliphatic carbocycles. The number of Topliss-reactive ketones (excluding diaryl/α,β-unsaturated/α-hetero) is 1. The fourth-order valence-electron chi connectivity index (χ4n) is 1.35. The average Bonchev–Trinajstić information content (AvgIpc) is 2.18. The van der Waals surface area contributed by atoms with Crippen LogP contribution in [0.5, 0.6) is 0 Å². The van der Waals surface area contributed by atoms with Crippen LogP contribution < -0.4 is 0 Å². The van der Waals surface area contributed by atoms with Crippen molar-refractivity contribution in [2.75, 3.05) is 0 Å². The Bertz CT molecular complexity index is 303. The van der Waals surface area contributed by atoms with Gasteiger partial charge >= 0.3 is 0 Å². The van der Waals surface area contributed by atoms with E-state index in [0.717, 1.165) is 6.42 Å². The number of carbonyl (C=O) groups is 1. The van der Waals surface area contributed by atoms with Gasteiger partial charge in [0, 0.05) is 5.56 Å². The maximum absolute atomic E-state index is 13.4. The zero-order valence-electron chi connectivity index (χ0n) is 8.59. The van der Waals surface area contributed by atoms with Crippen molar-refractivity contribution in [1.29, 1.82) is 0 Å². The summed E-state index contributed by atoms with van der Waals surface area (Å²) in [4.78, 5) is 11.0. The molecule has 0 bridgehead atoms. The normalized spacial score (nSPS) is 12.5. The molecule has 1 nitrogen and oxygen atoms in total. The molecule has 14 heavy (non-hydrogen) atoms. The van der Waals surface area contributed by atoms with Crippen molar-refractivity contribution in [3.05, 3.63) is 35.4 Å². The molecule has 0 aliphatic heterocycles. The first kappa shape index (κ1) is 10.9. The van der Waals surface area contributed by atoms with Gasteiger partial charge in [0.25, 0.3) is 0 Å². The SMILES string of the molecule is CCCC(F)c1ccc(C(C)=O)cc1. The van der Waals surface area contributed by atoms with Crippen molar-refractivity contribution in [2.24, 2.45) is 0 Å². The van der Waals surface area contributed by atoms with Crippen molar-refractivity contribution in [3.63, 3.8) is 0 Å². The van der Waals surface area contributed by atoms with Crippen molar-refractivity contribution in [3.8, 4) is 0 Å². The third-order valence-electron chi connectivity index (χ3n) is 2.22. The molecular weight excluding hydrogens is 179 g/mol. The Balaban J connectivity index is 2.77. The zero-order chi connectivity index (χ0) is 10.6. The van der Waals surface area contributed by atoms with Gasteiger partial charge in [-0.2, -0.15) is 0 Å². The monoisotopic (exact) mass is 194 g/mol. The highest BCUT2D eigenvalue weighted by Gasteiger charge is 2.08. The first-order chi connectivity index (χ1) is 6.65. The molecule has 0 fully saturated rings. The molecule has 0 radical (unpaired) electrons. The summed E-state index contributed by atoms with van der Waals surface area (Å²) < 4.78 is 13.4. The Labute approximate surface area is 83.9 Å². The molecular formula is C12H15FO. The highest BCUT2D eigenvalue weighted by molar-refractivity contribution is 5.94. The molecule has 0 amide bonds. The lowest BCUT2D eigenvalue weighted by Crippen LogP contribution is -1.95. The molecule has 1 aromatic carbocycles. The van der Waals surface area contributed by atoms with Crippen LogP contribution in [0.4, 0.5) is 4.39 Å². The van der Waals surface area contributed by atoms with E-state index in [-0.39, 0.29) is 5.78 Å². The Morgan fingerprint density at radius 3 is 2.36 bits per heavy atom. The van der Waals surface area contributed by atoms with E-state index < -0.39 is 6.17 Å². The van der Waals surface area contributed by atoms with Crippen LogP contribution in [0.2, 0.25) is 0 Å². The molecule has 0 saturated carbocycles. The predicted octanol–water partition coefficient (Wildman–Crippen LogP) is 3.70. The molecule has 0 saturated heterocycles. The Kier molecular flexibility index (Phi) is 3.81. The number of rotatable bonds is 4. The standard InChI is InChI=1S/C12H15FO/c1-3-4-12(13)11-7-5-10(6-8-11)9(2)14/h5-8,12H,3-4H2,1-2H3. The van der Waals surface area contributed by atoms with E-state index in [9.17, 15) is 9.18 Å². The summed E-state index contributed by atoms with van der Waals surface area (Å²) in [7, 11) is 0. The summed E-state index contributed by atoms with van der Waals surface area (Å²) in [5.41, 5.74) is 1.30. The smallest absolute Gasteiger partial charge is 0.159 e. The minimum absolute atomic E-state index is 0.0162. The first-order valence-corrected chi connectivity index (χ1v) is 4.90. The molecule has 0 aromatic heterocycles. The van der Waals surface area contributed by atoms with Gasteiger partial charge in [-0.05, 0) is 18.9 Å². The lowest BCUT2D eigenvalue weighted by molar-refractivity contribution is 0.101. The second-order valence-corrected chi connectivity index (χ2v) is 3.43. The van der Waals surface area contributed by atoms with E-state index in [1.165, 1.54) is 6.92 Å². The molecule has 0 aliphatic rings. The average molecular weight is 194 g/mol. The molecule has 0 heterocycles. The van der Waals surface area contributed by atoms with Gasteiger partial charge < -0.3 is 0 Å². The van der Waals surface area contributed by atoms with E-state index in [1.807, 2.05) is 6.92 Å². The van der Waals surface area contributed by atoms with Crippen molar-refractivity contribution >= 4 is 5.78 Å². The van der Waals surface area contributed by atoms with Gasteiger partial charge in [0.05, 0.1) is 0 Å². The first-order valence-electron chi connectivity index (χ1n) is 4.90. The number of halogens is 1.